The van der Waals surface area contributed by atoms with Gasteiger partial charge in [-0.25, -0.2) is 9.59 Å². The molecule has 1 spiro atoms. The molecule has 44 heavy (non-hydrogen) atoms. The number of ether oxygens (including phenoxy) is 2. The van der Waals surface area contributed by atoms with Crippen molar-refractivity contribution in [2.45, 2.75) is 43.5 Å². The van der Waals surface area contributed by atoms with Crippen molar-refractivity contribution in [3.8, 4) is 5.75 Å². The van der Waals surface area contributed by atoms with Crippen LogP contribution in [0.2, 0.25) is 0 Å². The Morgan fingerprint density at radius 1 is 1.02 bits per heavy atom. The van der Waals surface area contributed by atoms with Gasteiger partial charge in [0.1, 0.15) is 11.9 Å². The number of hydrogen-bond acceptors (Lipinski definition) is 7. The minimum absolute atomic E-state index is 0.0144. The van der Waals surface area contributed by atoms with Gasteiger partial charge in [0.05, 0.1) is 19.3 Å². The maximum Gasteiger partial charge on any atom is 0.490 e. The summed E-state index contributed by atoms with van der Waals surface area (Å²) in [6, 6.07) is 16.7. The highest BCUT2D eigenvalue weighted by molar-refractivity contribution is 5.81. The van der Waals surface area contributed by atoms with Gasteiger partial charge in [0, 0.05) is 32.6 Å². The number of nitrogens with zero attached hydrogens (tertiary/aromatic N) is 2. The van der Waals surface area contributed by atoms with Crippen molar-refractivity contribution < 1.29 is 60.4 Å². The van der Waals surface area contributed by atoms with Crippen molar-refractivity contribution in [1.82, 2.24) is 15.1 Å². The smallest absolute Gasteiger partial charge is 0.490 e. The number of nitrogens with one attached hydrogen (secondary N) is 1. The Morgan fingerprint density at radius 2 is 1.61 bits per heavy atom. The Labute approximate surface area is 249 Å². The van der Waals surface area contributed by atoms with E-state index in [1.54, 1.807) is 7.11 Å². The summed E-state index contributed by atoms with van der Waals surface area (Å²) in [4.78, 5) is 35.0. The van der Waals surface area contributed by atoms with Crippen LogP contribution in [0.5, 0.6) is 5.75 Å². The average molecular weight is 638 g/mol. The van der Waals surface area contributed by atoms with Crippen LogP contribution in [0.1, 0.15) is 23.1 Å². The second-order valence-corrected chi connectivity index (χ2v) is 10.1. The van der Waals surface area contributed by atoms with E-state index in [1.165, 1.54) is 16.7 Å². The van der Waals surface area contributed by atoms with Crippen LogP contribution in [-0.2, 0) is 37.7 Å². The molecule has 10 nitrogen and oxygen atoms in total. The number of carbonyl (C=O) groups excluding carboxylic acids is 1. The molecule has 4 rings (SSSR count). The molecular weight excluding hydrogens is 604 g/mol. The molecule has 0 bridgehead atoms. The Kier molecular flexibility index (Phi) is 12.5. The first-order valence-electron chi connectivity index (χ1n) is 13.0. The van der Waals surface area contributed by atoms with Crippen molar-refractivity contribution >= 4 is 17.8 Å². The van der Waals surface area contributed by atoms with Gasteiger partial charge in [0.2, 0.25) is 5.91 Å². The van der Waals surface area contributed by atoms with Gasteiger partial charge in [-0.2, -0.15) is 26.3 Å². The number of fused-ring (bicyclic) bond motifs is 2. The van der Waals surface area contributed by atoms with Crippen molar-refractivity contribution in [3.05, 3.63) is 65.2 Å². The van der Waals surface area contributed by atoms with E-state index in [4.69, 9.17) is 29.3 Å². The summed E-state index contributed by atoms with van der Waals surface area (Å²) in [6.07, 6.45) is -9.92. The first-order chi connectivity index (χ1) is 20.4. The van der Waals surface area contributed by atoms with Crippen LogP contribution in [0, 0.1) is 0 Å². The van der Waals surface area contributed by atoms with Crippen LogP contribution in [0.4, 0.5) is 26.3 Å². The lowest BCUT2D eigenvalue weighted by molar-refractivity contribution is -0.193. The molecule has 1 amide bonds. The van der Waals surface area contributed by atoms with Gasteiger partial charge in [-0.15, -0.1) is 0 Å². The molecule has 16 heteroatoms. The van der Waals surface area contributed by atoms with Crippen LogP contribution in [-0.4, -0.2) is 97.2 Å². The average Bonchev–Trinajstić information content (AvgIpc) is 3.51. The Hall–Kier alpha value is -3.89. The zero-order valence-electron chi connectivity index (χ0n) is 24.0. The quantitative estimate of drug-likeness (QED) is 0.390. The Morgan fingerprint density at radius 3 is 2.16 bits per heavy atom. The Bertz CT molecular complexity index is 1260. The summed E-state index contributed by atoms with van der Waals surface area (Å²) >= 11 is 0. The van der Waals surface area contributed by atoms with Gasteiger partial charge in [-0.3, -0.25) is 9.69 Å². The van der Waals surface area contributed by atoms with Crippen molar-refractivity contribution in [2.24, 2.45) is 0 Å². The predicted octanol–water partition coefficient (Wildman–Crippen LogP) is 3.64. The number of benzene rings is 2. The molecule has 0 radical (unpaired) electrons. The number of methoxy groups -OCH3 is 1. The fourth-order valence-corrected chi connectivity index (χ4v) is 4.59. The van der Waals surface area contributed by atoms with Crippen molar-refractivity contribution in [2.75, 3.05) is 40.9 Å². The molecule has 2 aliphatic heterocycles. The number of aliphatic carboxylic acids is 2. The van der Waals surface area contributed by atoms with E-state index in [9.17, 15) is 31.1 Å². The monoisotopic (exact) mass is 637 g/mol. The molecule has 3 N–H and O–H groups in total. The first-order valence-corrected chi connectivity index (χ1v) is 13.0. The predicted molar refractivity (Wildman–Crippen MR) is 144 cm³/mol. The van der Waals surface area contributed by atoms with E-state index in [0.29, 0.717) is 19.6 Å². The highest BCUT2D eigenvalue weighted by atomic mass is 19.4. The standard InChI is InChI=1S/C24H31N3O3.2C2HF3O2/c1-26(2)12-11-25-23(28)22-14-24(17-30-22)21-10-5-4-8-19(21)16-27(24)15-18-7-6-9-20(13-18)29-3;2*3-2(4,5)1(6)7/h4-10,13,22H,11-12,14-17H2,1-3H3,(H,25,28);2*(H,6,7). The Balaban J connectivity index is 0.000000402. The second kappa shape index (κ2) is 15.2. The van der Waals surface area contributed by atoms with Gasteiger partial charge in [0.15, 0.2) is 0 Å². The van der Waals surface area contributed by atoms with Crippen molar-refractivity contribution in [1.29, 1.82) is 0 Å². The largest absolute Gasteiger partial charge is 0.497 e. The van der Waals surface area contributed by atoms with Crippen LogP contribution in [0.15, 0.2) is 48.5 Å². The molecule has 0 saturated carbocycles. The van der Waals surface area contributed by atoms with Gasteiger partial charge < -0.3 is 29.9 Å². The van der Waals surface area contributed by atoms with E-state index in [0.717, 1.165) is 25.4 Å². The SMILES string of the molecule is COc1cccc(CN2Cc3ccccc3C23COC(C(=O)NCCN(C)C)C3)c1.O=C(O)C(F)(F)F.O=C(O)C(F)(F)F. The lowest BCUT2D eigenvalue weighted by atomic mass is 9.86. The molecule has 0 aliphatic carbocycles. The molecule has 2 heterocycles. The molecule has 2 atom stereocenters. The van der Waals surface area contributed by atoms with Gasteiger partial charge in [-0.05, 0) is 42.9 Å². The van der Waals surface area contributed by atoms with Crippen molar-refractivity contribution in [3.63, 3.8) is 0 Å². The molecule has 2 aliphatic rings. The van der Waals surface area contributed by atoms with Gasteiger partial charge in [-0.1, -0.05) is 36.4 Å². The maximum atomic E-state index is 12.7. The van der Waals surface area contributed by atoms with Gasteiger partial charge in [0.25, 0.3) is 0 Å². The summed E-state index contributed by atoms with van der Waals surface area (Å²) in [5.74, 6) is -4.67. The summed E-state index contributed by atoms with van der Waals surface area (Å²) < 4.78 is 75.0. The topological polar surface area (TPSA) is 129 Å². The van der Waals surface area contributed by atoms with Crippen LogP contribution < -0.4 is 10.1 Å². The molecule has 0 aromatic heterocycles. The fourth-order valence-electron chi connectivity index (χ4n) is 4.59. The number of carboxylic acids is 2. The second-order valence-electron chi connectivity index (χ2n) is 10.1. The number of hydrogen-bond donors (Lipinski definition) is 3. The van der Waals surface area contributed by atoms with E-state index in [-0.39, 0.29) is 11.4 Å². The minimum atomic E-state index is -5.08. The van der Waals surface area contributed by atoms with E-state index in [1.807, 2.05) is 26.2 Å². The summed E-state index contributed by atoms with van der Waals surface area (Å²) in [6.45, 7) is 3.60. The highest BCUT2D eigenvalue weighted by Crippen LogP contribution is 2.47. The normalized spacial score (nSPS) is 19.4. The molecule has 244 valence electrons. The van der Waals surface area contributed by atoms with E-state index < -0.39 is 30.4 Å². The molecular formula is C28H33F6N3O7. The molecule has 1 fully saturated rings. The number of rotatable bonds is 7. The zero-order valence-corrected chi connectivity index (χ0v) is 24.0. The summed E-state index contributed by atoms with van der Waals surface area (Å²) in [5, 5.41) is 17.3. The number of amides is 1. The van der Waals surface area contributed by atoms with E-state index in [2.05, 4.69) is 51.5 Å². The molecule has 2 unspecified atom stereocenters. The maximum absolute atomic E-state index is 12.7. The van der Waals surface area contributed by atoms with Gasteiger partial charge >= 0.3 is 24.3 Å². The third-order valence-corrected chi connectivity index (χ3v) is 6.67. The first kappa shape index (κ1) is 36.3. The molecule has 2 aromatic rings. The molecule has 1 saturated heterocycles. The zero-order chi connectivity index (χ0) is 33.3. The van der Waals surface area contributed by atoms with Crippen LogP contribution in [0.3, 0.4) is 0 Å². The number of alkyl halides is 6. The number of halogens is 6. The van der Waals surface area contributed by atoms with E-state index >= 15 is 0 Å². The molecule has 2 aromatic carbocycles. The lowest BCUT2D eigenvalue weighted by Gasteiger charge is -2.35. The number of likely N-dealkylation sites (N-methyl/N-ethyl adjacent to an activating group) is 1. The highest BCUT2D eigenvalue weighted by Gasteiger charge is 2.52. The lowest BCUT2D eigenvalue weighted by Crippen LogP contribution is -2.43. The number of carboxylic acid groups (broad SMARTS) is 2. The fraction of sp³-hybridized carbons (Fsp3) is 0.464. The third-order valence-electron chi connectivity index (χ3n) is 6.67. The van der Waals surface area contributed by atoms with Crippen LogP contribution in [0.25, 0.3) is 0 Å². The summed E-state index contributed by atoms with van der Waals surface area (Å²) in [5.41, 5.74) is 3.53. The minimum Gasteiger partial charge on any atom is -0.497 e. The third kappa shape index (κ3) is 10.1. The summed E-state index contributed by atoms with van der Waals surface area (Å²) in [7, 11) is 5.69. The number of carbonyl (C=O) groups is 3. The van der Waals surface area contributed by atoms with Crippen LogP contribution >= 0.6 is 0 Å².